The van der Waals surface area contributed by atoms with Crippen LogP contribution in [0.3, 0.4) is 0 Å². The molecule has 2 heteroatoms. The van der Waals surface area contributed by atoms with Crippen LogP contribution in [0.1, 0.15) is 52.3 Å². The van der Waals surface area contributed by atoms with Gasteiger partial charge >= 0.3 is 0 Å². The van der Waals surface area contributed by atoms with Crippen LogP contribution < -0.4 is 5.73 Å². The van der Waals surface area contributed by atoms with Gasteiger partial charge in [-0.3, -0.25) is 0 Å². The summed E-state index contributed by atoms with van der Waals surface area (Å²) in [5, 5.41) is 2.12. The Labute approximate surface area is 110 Å². The third-order valence-corrected chi connectivity index (χ3v) is 3.34. The van der Waals surface area contributed by atoms with Crippen molar-refractivity contribution in [1.82, 2.24) is 0 Å². The third-order valence-electron chi connectivity index (χ3n) is 2.40. The largest absolute Gasteiger partial charge is 0.402 e. The van der Waals surface area contributed by atoms with Gasteiger partial charge in [-0.25, -0.2) is 0 Å². The Kier molecular flexibility index (Phi) is 8.51. The number of hydrogen-bond acceptors (Lipinski definition) is 2. The summed E-state index contributed by atoms with van der Waals surface area (Å²) in [6, 6.07) is 4.27. The van der Waals surface area contributed by atoms with Crippen molar-refractivity contribution in [1.29, 1.82) is 0 Å². The van der Waals surface area contributed by atoms with Crippen LogP contribution in [0.5, 0.6) is 0 Å². The van der Waals surface area contributed by atoms with E-state index < -0.39 is 0 Å². The lowest BCUT2D eigenvalue weighted by atomic mass is 9.97. The molecule has 2 N–H and O–H groups in total. The normalized spacial score (nSPS) is 14.1. The monoisotopic (exact) mass is 251 g/mol. The highest BCUT2D eigenvalue weighted by Gasteiger charge is 2.09. The molecule has 1 aliphatic carbocycles. The number of rotatable bonds is 1. The summed E-state index contributed by atoms with van der Waals surface area (Å²) >= 11 is 1.80. The fourth-order valence-corrected chi connectivity index (χ4v) is 2.32. The molecular formula is C15H25NS. The van der Waals surface area contributed by atoms with Crippen molar-refractivity contribution >= 4 is 16.9 Å². The molecule has 0 amide bonds. The van der Waals surface area contributed by atoms with E-state index in [0.29, 0.717) is 0 Å². The van der Waals surface area contributed by atoms with Gasteiger partial charge in [-0.15, -0.1) is 11.3 Å². The fourth-order valence-electron chi connectivity index (χ4n) is 1.55. The van der Waals surface area contributed by atoms with Crippen LogP contribution in [0.25, 0.3) is 5.57 Å². The number of allylic oxidation sites excluding steroid dienone is 4. The van der Waals surface area contributed by atoms with Crippen LogP contribution in [-0.2, 0) is 0 Å². The molecular weight excluding hydrogens is 226 g/mol. The topological polar surface area (TPSA) is 26.0 Å². The minimum Gasteiger partial charge on any atom is -0.402 e. The zero-order valence-corrected chi connectivity index (χ0v) is 12.5. The van der Waals surface area contributed by atoms with Crippen molar-refractivity contribution in [3.63, 3.8) is 0 Å². The Bertz CT molecular complexity index is 358. The first-order valence-corrected chi connectivity index (χ1v) is 7.35. The van der Waals surface area contributed by atoms with Gasteiger partial charge in [0, 0.05) is 10.6 Å². The minimum absolute atomic E-state index is 1.01. The standard InChI is InChI=1S/C11H13NS.2C2H6/c1-8-7-9(4-5-10(8)12)11-3-2-6-13-11;2*1-2/h2-3,6-7H,4-5,12H2,1H3;2*1-2H3. The first kappa shape index (κ1) is 16.0. The van der Waals surface area contributed by atoms with Gasteiger partial charge in [-0.05, 0) is 42.4 Å². The van der Waals surface area contributed by atoms with Crippen LogP contribution in [0.4, 0.5) is 0 Å². The smallest absolute Gasteiger partial charge is 0.0302 e. The van der Waals surface area contributed by atoms with E-state index in [4.69, 9.17) is 5.73 Å². The molecule has 0 saturated heterocycles. The summed E-state index contributed by atoms with van der Waals surface area (Å²) in [5.74, 6) is 0. The highest BCUT2D eigenvalue weighted by Crippen LogP contribution is 2.30. The summed E-state index contributed by atoms with van der Waals surface area (Å²) in [7, 11) is 0. The van der Waals surface area contributed by atoms with E-state index in [1.807, 2.05) is 27.7 Å². The lowest BCUT2D eigenvalue weighted by molar-refractivity contribution is 0.938. The van der Waals surface area contributed by atoms with E-state index in [2.05, 4.69) is 30.5 Å². The molecule has 2 rings (SSSR count). The van der Waals surface area contributed by atoms with Gasteiger partial charge in [0.1, 0.15) is 0 Å². The van der Waals surface area contributed by atoms with Gasteiger partial charge in [0.15, 0.2) is 0 Å². The van der Waals surface area contributed by atoms with Crippen molar-refractivity contribution in [2.24, 2.45) is 5.73 Å². The molecule has 0 atom stereocenters. The number of nitrogens with two attached hydrogens (primary N) is 1. The second-order valence-corrected chi connectivity index (χ2v) is 4.30. The molecule has 96 valence electrons. The zero-order valence-electron chi connectivity index (χ0n) is 11.7. The first-order chi connectivity index (χ1) is 8.27. The summed E-state index contributed by atoms with van der Waals surface area (Å²) in [6.45, 7) is 10.1. The lowest BCUT2D eigenvalue weighted by Crippen LogP contribution is -2.04. The molecule has 1 aromatic rings. The van der Waals surface area contributed by atoms with Crippen LogP contribution in [-0.4, -0.2) is 0 Å². The van der Waals surface area contributed by atoms with Crippen LogP contribution >= 0.6 is 11.3 Å². The van der Waals surface area contributed by atoms with E-state index in [0.717, 1.165) is 18.5 Å². The second-order valence-electron chi connectivity index (χ2n) is 3.36. The summed E-state index contributed by atoms with van der Waals surface area (Å²) in [5.41, 5.74) is 9.54. The SMILES string of the molecule is CC.CC.CC1=C(N)CCC(c2cccs2)=C1. The molecule has 1 heterocycles. The van der Waals surface area contributed by atoms with Gasteiger partial charge < -0.3 is 5.73 Å². The molecule has 0 aliphatic heterocycles. The van der Waals surface area contributed by atoms with Crippen molar-refractivity contribution in [2.45, 2.75) is 47.5 Å². The Morgan fingerprint density at radius 3 is 2.24 bits per heavy atom. The average molecular weight is 251 g/mol. The molecule has 17 heavy (non-hydrogen) atoms. The zero-order chi connectivity index (χ0) is 13.3. The van der Waals surface area contributed by atoms with E-state index >= 15 is 0 Å². The summed E-state index contributed by atoms with van der Waals surface area (Å²) < 4.78 is 0. The van der Waals surface area contributed by atoms with E-state index in [9.17, 15) is 0 Å². The second kappa shape index (κ2) is 9.06. The maximum Gasteiger partial charge on any atom is 0.0302 e. The van der Waals surface area contributed by atoms with Crippen molar-refractivity contribution < 1.29 is 0 Å². The quantitative estimate of drug-likeness (QED) is 0.728. The Morgan fingerprint density at radius 1 is 1.12 bits per heavy atom. The first-order valence-electron chi connectivity index (χ1n) is 6.47. The van der Waals surface area contributed by atoms with E-state index in [1.165, 1.54) is 16.0 Å². The van der Waals surface area contributed by atoms with Crippen molar-refractivity contribution in [2.75, 3.05) is 0 Å². The number of hydrogen-bond donors (Lipinski definition) is 1. The molecule has 0 aromatic carbocycles. The van der Waals surface area contributed by atoms with Gasteiger partial charge in [-0.2, -0.15) is 0 Å². The van der Waals surface area contributed by atoms with Gasteiger partial charge in [0.05, 0.1) is 0 Å². The highest BCUT2D eigenvalue weighted by molar-refractivity contribution is 7.11. The van der Waals surface area contributed by atoms with Gasteiger partial charge in [0.2, 0.25) is 0 Å². The minimum atomic E-state index is 1.01. The molecule has 0 saturated carbocycles. The van der Waals surface area contributed by atoms with Crippen LogP contribution in [0, 0.1) is 0 Å². The molecule has 0 bridgehead atoms. The maximum absolute atomic E-state index is 5.83. The fraction of sp³-hybridized carbons (Fsp3) is 0.467. The molecule has 0 spiro atoms. The van der Waals surface area contributed by atoms with Crippen molar-refractivity contribution in [3.05, 3.63) is 39.7 Å². The molecule has 1 aromatic heterocycles. The summed E-state index contributed by atoms with van der Waals surface area (Å²) in [4.78, 5) is 1.38. The molecule has 0 radical (unpaired) electrons. The van der Waals surface area contributed by atoms with E-state index in [1.54, 1.807) is 11.3 Å². The molecule has 1 nitrogen and oxygen atoms in total. The van der Waals surface area contributed by atoms with E-state index in [-0.39, 0.29) is 0 Å². The Morgan fingerprint density at radius 2 is 1.76 bits per heavy atom. The molecule has 0 fully saturated rings. The van der Waals surface area contributed by atoms with Crippen LogP contribution in [0.2, 0.25) is 0 Å². The average Bonchev–Trinajstić information content (AvgIpc) is 2.91. The Hall–Kier alpha value is -1.02. The predicted octanol–water partition coefficient (Wildman–Crippen LogP) is 5.21. The Balaban J connectivity index is 0.000000581. The molecule has 1 aliphatic rings. The number of thiophene rings is 1. The molecule has 0 unspecified atom stereocenters. The highest BCUT2D eigenvalue weighted by atomic mass is 32.1. The summed E-state index contributed by atoms with van der Waals surface area (Å²) in [6.07, 6.45) is 4.31. The predicted molar refractivity (Wildman–Crippen MR) is 81.1 cm³/mol. The van der Waals surface area contributed by atoms with Gasteiger partial charge in [-0.1, -0.05) is 39.8 Å². The van der Waals surface area contributed by atoms with Gasteiger partial charge in [0.25, 0.3) is 0 Å². The van der Waals surface area contributed by atoms with Crippen molar-refractivity contribution in [3.8, 4) is 0 Å². The maximum atomic E-state index is 5.83. The third kappa shape index (κ3) is 4.78. The lowest BCUT2D eigenvalue weighted by Gasteiger charge is -2.14. The van der Waals surface area contributed by atoms with Crippen LogP contribution in [0.15, 0.2) is 34.9 Å².